The van der Waals surface area contributed by atoms with Gasteiger partial charge in [0.05, 0.1) is 11.2 Å². The van der Waals surface area contributed by atoms with E-state index >= 15 is 0 Å². The standard InChI is InChI=1S/C19H18N2O2/c1-11-4-5-16-15(9-11)17(10-18(21-16)19(22)23)20-14-7-12(2)6-13(3)8-14/h4-10H,1-3H3,(H,20,21)(H,22,23). The molecular formula is C19H18N2O2. The van der Waals surface area contributed by atoms with Crippen molar-refractivity contribution >= 4 is 28.2 Å². The number of fused-ring (bicyclic) bond motifs is 1. The molecule has 0 atom stereocenters. The number of carboxylic acids is 1. The van der Waals surface area contributed by atoms with Crippen LogP contribution in [0, 0.1) is 20.8 Å². The van der Waals surface area contributed by atoms with E-state index in [-0.39, 0.29) is 5.69 Å². The van der Waals surface area contributed by atoms with E-state index in [0.717, 1.165) is 33.5 Å². The highest BCUT2D eigenvalue weighted by Gasteiger charge is 2.11. The molecule has 0 saturated heterocycles. The molecule has 0 radical (unpaired) electrons. The summed E-state index contributed by atoms with van der Waals surface area (Å²) in [7, 11) is 0. The number of carbonyl (C=O) groups is 1. The number of benzene rings is 2. The predicted molar refractivity (Wildman–Crippen MR) is 92.6 cm³/mol. The average molecular weight is 306 g/mol. The minimum Gasteiger partial charge on any atom is -0.477 e. The van der Waals surface area contributed by atoms with Gasteiger partial charge >= 0.3 is 5.97 Å². The monoisotopic (exact) mass is 306 g/mol. The van der Waals surface area contributed by atoms with Crippen LogP contribution >= 0.6 is 0 Å². The molecule has 0 bridgehead atoms. The number of pyridine rings is 1. The minimum absolute atomic E-state index is 0.0354. The lowest BCUT2D eigenvalue weighted by Crippen LogP contribution is -2.03. The van der Waals surface area contributed by atoms with Crippen molar-refractivity contribution in [3.05, 3.63) is 64.8 Å². The maximum Gasteiger partial charge on any atom is 0.354 e. The smallest absolute Gasteiger partial charge is 0.354 e. The van der Waals surface area contributed by atoms with Gasteiger partial charge in [0.2, 0.25) is 0 Å². The average Bonchev–Trinajstić information content (AvgIpc) is 2.46. The molecule has 2 N–H and O–H groups in total. The van der Waals surface area contributed by atoms with Crippen molar-refractivity contribution in [3.63, 3.8) is 0 Å². The number of nitrogens with zero attached hydrogens (tertiary/aromatic N) is 1. The summed E-state index contributed by atoms with van der Waals surface area (Å²) in [5, 5.41) is 13.5. The lowest BCUT2D eigenvalue weighted by Gasteiger charge is -2.13. The van der Waals surface area contributed by atoms with Crippen molar-refractivity contribution in [2.24, 2.45) is 0 Å². The van der Waals surface area contributed by atoms with Gasteiger partial charge in [-0.3, -0.25) is 0 Å². The summed E-state index contributed by atoms with van der Waals surface area (Å²) in [6.45, 7) is 6.08. The van der Waals surface area contributed by atoms with Gasteiger partial charge in [-0.15, -0.1) is 0 Å². The number of hydrogen-bond acceptors (Lipinski definition) is 3. The topological polar surface area (TPSA) is 62.2 Å². The molecule has 0 aliphatic heterocycles. The molecule has 116 valence electrons. The Morgan fingerprint density at radius 2 is 1.65 bits per heavy atom. The molecule has 1 aromatic heterocycles. The second kappa shape index (κ2) is 5.72. The van der Waals surface area contributed by atoms with Crippen LogP contribution in [0.15, 0.2) is 42.5 Å². The number of rotatable bonds is 3. The maximum absolute atomic E-state index is 11.3. The Balaban J connectivity index is 2.17. The van der Waals surface area contributed by atoms with Gasteiger partial charge < -0.3 is 10.4 Å². The van der Waals surface area contributed by atoms with Crippen molar-refractivity contribution in [2.45, 2.75) is 20.8 Å². The molecule has 2 aromatic carbocycles. The van der Waals surface area contributed by atoms with Crippen LogP contribution in [-0.2, 0) is 0 Å². The van der Waals surface area contributed by atoms with Gasteiger partial charge in [-0.2, -0.15) is 0 Å². The number of aromatic nitrogens is 1. The van der Waals surface area contributed by atoms with E-state index in [2.05, 4.69) is 16.4 Å². The lowest BCUT2D eigenvalue weighted by atomic mass is 10.1. The molecule has 0 aliphatic rings. The summed E-state index contributed by atoms with van der Waals surface area (Å²) in [5.41, 5.74) is 5.80. The van der Waals surface area contributed by atoms with Gasteiger partial charge in [-0.25, -0.2) is 9.78 Å². The van der Waals surface area contributed by atoms with E-state index in [4.69, 9.17) is 0 Å². The Hall–Kier alpha value is -2.88. The van der Waals surface area contributed by atoms with Crippen LogP contribution < -0.4 is 5.32 Å². The fourth-order valence-corrected chi connectivity index (χ4v) is 2.75. The highest BCUT2D eigenvalue weighted by molar-refractivity contribution is 5.98. The summed E-state index contributed by atoms with van der Waals surface area (Å²) in [6.07, 6.45) is 0. The van der Waals surface area contributed by atoms with Crippen LogP contribution in [0.2, 0.25) is 0 Å². The first-order valence-corrected chi connectivity index (χ1v) is 7.42. The van der Waals surface area contributed by atoms with Crippen LogP contribution in [-0.4, -0.2) is 16.1 Å². The summed E-state index contributed by atoms with van der Waals surface area (Å²) in [5.74, 6) is -1.03. The van der Waals surface area contributed by atoms with Gasteiger partial charge in [-0.05, 0) is 62.2 Å². The summed E-state index contributed by atoms with van der Waals surface area (Å²) >= 11 is 0. The van der Waals surface area contributed by atoms with Crippen LogP contribution in [0.25, 0.3) is 10.9 Å². The molecule has 4 heteroatoms. The van der Waals surface area contributed by atoms with Crippen molar-refractivity contribution in [1.29, 1.82) is 0 Å². The number of carboxylic acid groups (broad SMARTS) is 1. The third kappa shape index (κ3) is 3.16. The van der Waals surface area contributed by atoms with Crippen molar-refractivity contribution in [3.8, 4) is 0 Å². The van der Waals surface area contributed by atoms with E-state index in [9.17, 15) is 9.90 Å². The molecule has 0 unspecified atom stereocenters. The van der Waals surface area contributed by atoms with Gasteiger partial charge in [0.25, 0.3) is 0 Å². The molecule has 4 nitrogen and oxygen atoms in total. The SMILES string of the molecule is Cc1cc(C)cc(Nc2cc(C(=O)O)nc3ccc(C)cc23)c1. The Morgan fingerprint density at radius 3 is 2.30 bits per heavy atom. The number of aromatic carboxylic acids is 1. The summed E-state index contributed by atoms with van der Waals surface area (Å²) < 4.78 is 0. The third-order valence-corrected chi connectivity index (χ3v) is 3.68. The van der Waals surface area contributed by atoms with Crippen molar-refractivity contribution in [1.82, 2.24) is 4.98 Å². The third-order valence-electron chi connectivity index (χ3n) is 3.68. The highest BCUT2D eigenvalue weighted by atomic mass is 16.4. The number of aryl methyl sites for hydroxylation is 3. The predicted octanol–water partition coefficient (Wildman–Crippen LogP) is 4.60. The van der Waals surface area contributed by atoms with Gasteiger partial charge in [0, 0.05) is 11.1 Å². The zero-order valence-corrected chi connectivity index (χ0v) is 13.3. The van der Waals surface area contributed by atoms with Crippen molar-refractivity contribution in [2.75, 3.05) is 5.32 Å². The first-order valence-electron chi connectivity index (χ1n) is 7.42. The van der Waals surface area contributed by atoms with E-state index in [1.165, 1.54) is 0 Å². The molecule has 0 aliphatic carbocycles. The molecule has 23 heavy (non-hydrogen) atoms. The Labute approximate surface area is 134 Å². The van der Waals surface area contributed by atoms with Crippen LogP contribution in [0.1, 0.15) is 27.2 Å². The first kappa shape index (κ1) is 15.0. The normalized spacial score (nSPS) is 10.7. The minimum atomic E-state index is -1.03. The molecule has 0 spiro atoms. The second-order valence-electron chi connectivity index (χ2n) is 5.88. The number of hydrogen-bond donors (Lipinski definition) is 2. The lowest BCUT2D eigenvalue weighted by molar-refractivity contribution is 0.0691. The molecule has 3 rings (SSSR count). The van der Waals surface area contributed by atoms with E-state index in [1.807, 2.05) is 51.1 Å². The van der Waals surface area contributed by atoms with Crippen molar-refractivity contribution < 1.29 is 9.90 Å². The molecule has 1 heterocycles. The van der Waals surface area contributed by atoms with E-state index in [1.54, 1.807) is 6.07 Å². The van der Waals surface area contributed by atoms with Crippen LogP contribution in [0.3, 0.4) is 0 Å². The Kier molecular flexibility index (Phi) is 3.74. The van der Waals surface area contributed by atoms with Crippen LogP contribution in [0.5, 0.6) is 0 Å². The Morgan fingerprint density at radius 1 is 0.957 bits per heavy atom. The summed E-state index contributed by atoms with van der Waals surface area (Å²) in [6, 6.07) is 13.6. The molecule has 3 aromatic rings. The Bertz CT molecular complexity index is 896. The number of anilines is 2. The largest absolute Gasteiger partial charge is 0.477 e. The molecule has 0 amide bonds. The first-order chi connectivity index (χ1) is 10.9. The number of nitrogens with one attached hydrogen (secondary N) is 1. The quantitative estimate of drug-likeness (QED) is 0.742. The summed E-state index contributed by atoms with van der Waals surface area (Å²) in [4.78, 5) is 15.5. The zero-order chi connectivity index (χ0) is 16.6. The zero-order valence-electron chi connectivity index (χ0n) is 13.3. The van der Waals surface area contributed by atoms with E-state index < -0.39 is 5.97 Å². The van der Waals surface area contributed by atoms with Gasteiger partial charge in [0.15, 0.2) is 5.69 Å². The van der Waals surface area contributed by atoms with Gasteiger partial charge in [0.1, 0.15) is 0 Å². The highest BCUT2D eigenvalue weighted by Crippen LogP contribution is 2.28. The fourth-order valence-electron chi connectivity index (χ4n) is 2.75. The van der Waals surface area contributed by atoms with Gasteiger partial charge in [-0.1, -0.05) is 17.7 Å². The molecule has 0 fully saturated rings. The second-order valence-corrected chi connectivity index (χ2v) is 5.88. The molecule has 0 saturated carbocycles. The maximum atomic E-state index is 11.3. The van der Waals surface area contributed by atoms with Crippen LogP contribution in [0.4, 0.5) is 11.4 Å². The fraction of sp³-hybridized carbons (Fsp3) is 0.158. The molecular weight excluding hydrogens is 288 g/mol. The van der Waals surface area contributed by atoms with E-state index in [0.29, 0.717) is 5.52 Å².